The van der Waals surface area contributed by atoms with Gasteiger partial charge in [0.25, 0.3) is 0 Å². The Labute approximate surface area is 107 Å². The first kappa shape index (κ1) is 13.0. The van der Waals surface area contributed by atoms with Crippen LogP contribution < -0.4 is 0 Å². The van der Waals surface area contributed by atoms with E-state index in [-0.39, 0.29) is 18.4 Å². The predicted octanol–water partition coefficient (Wildman–Crippen LogP) is 1.12. The number of aliphatic hydroxyl groups is 1. The van der Waals surface area contributed by atoms with Crippen molar-refractivity contribution in [3.05, 3.63) is 24.8 Å². The average Bonchev–Trinajstić information content (AvgIpc) is 2.52. The zero-order valence-corrected chi connectivity index (χ0v) is 11.0. The smallest absolute Gasteiger partial charge is 0.236 e. The van der Waals surface area contributed by atoms with Gasteiger partial charge in [0.05, 0.1) is 17.4 Å². The standard InChI is InChI=1S/C14H19NO3/c1-5-8-15-11(16)9-10(12(15)17)14(4,18)7-6-13(9,2)3/h5-7,9-10,18H,1,8H2,2-4H3/t9-,10+,14+/m1/s1. The molecule has 2 amide bonds. The Morgan fingerprint density at radius 2 is 1.83 bits per heavy atom. The van der Waals surface area contributed by atoms with E-state index in [9.17, 15) is 14.7 Å². The van der Waals surface area contributed by atoms with Gasteiger partial charge >= 0.3 is 0 Å². The van der Waals surface area contributed by atoms with Crippen molar-refractivity contribution in [3.8, 4) is 0 Å². The summed E-state index contributed by atoms with van der Waals surface area (Å²) in [7, 11) is 0. The number of fused-ring (bicyclic) bond motifs is 1. The lowest BCUT2D eigenvalue weighted by atomic mass is 9.63. The van der Waals surface area contributed by atoms with Crippen LogP contribution in [-0.2, 0) is 9.59 Å². The maximum atomic E-state index is 12.4. The van der Waals surface area contributed by atoms with E-state index in [2.05, 4.69) is 6.58 Å². The summed E-state index contributed by atoms with van der Waals surface area (Å²) < 4.78 is 0. The zero-order valence-electron chi connectivity index (χ0n) is 11.0. The van der Waals surface area contributed by atoms with E-state index in [1.54, 1.807) is 13.0 Å². The van der Waals surface area contributed by atoms with Gasteiger partial charge in [-0.2, -0.15) is 0 Å². The number of carbonyl (C=O) groups is 2. The fourth-order valence-electron chi connectivity index (χ4n) is 2.96. The van der Waals surface area contributed by atoms with Gasteiger partial charge in [-0.05, 0) is 12.3 Å². The van der Waals surface area contributed by atoms with Gasteiger partial charge in [0.15, 0.2) is 0 Å². The molecule has 2 aliphatic rings. The molecular weight excluding hydrogens is 230 g/mol. The number of allylic oxidation sites excluding steroid dienone is 1. The highest BCUT2D eigenvalue weighted by Gasteiger charge is 2.60. The Balaban J connectivity index is 2.51. The molecule has 0 spiro atoms. The normalized spacial score (nSPS) is 37.9. The second kappa shape index (κ2) is 3.79. The molecule has 0 bridgehead atoms. The van der Waals surface area contributed by atoms with Gasteiger partial charge in [0, 0.05) is 6.54 Å². The zero-order chi connectivity index (χ0) is 13.7. The summed E-state index contributed by atoms with van der Waals surface area (Å²) in [5, 5.41) is 10.3. The molecule has 98 valence electrons. The third-order valence-electron chi connectivity index (χ3n) is 3.99. The lowest BCUT2D eigenvalue weighted by Crippen LogP contribution is -2.47. The molecule has 0 aromatic rings. The van der Waals surface area contributed by atoms with Crippen molar-refractivity contribution in [2.24, 2.45) is 17.3 Å². The van der Waals surface area contributed by atoms with Crippen molar-refractivity contribution in [1.29, 1.82) is 0 Å². The maximum absolute atomic E-state index is 12.4. The number of nitrogens with zero attached hydrogens (tertiary/aromatic N) is 1. The van der Waals surface area contributed by atoms with Crippen molar-refractivity contribution in [2.75, 3.05) is 6.54 Å². The summed E-state index contributed by atoms with van der Waals surface area (Å²) in [5.41, 5.74) is -1.68. The number of imide groups is 1. The van der Waals surface area contributed by atoms with Crippen molar-refractivity contribution < 1.29 is 14.7 Å². The highest BCUT2D eigenvalue weighted by atomic mass is 16.3. The number of amides is 2. The van der Waals surface area contributed by atoms with Gasteiger partial charge in [-0.15, -0.1) is 6.58 Å². The Morgan fingerprint density at radius 1 is 1.28 bits per heavy atom. The van der Waals surface area contributed by atoms with Gasteiger partial charge in [-0.3, -0.25) is 14.5 Å². The molecule has 18 heavy (non-hydrogen) atoms. The minimum absolute atomic E-state index is 0.205. The van der Waals surface area contributed by atoms with E-state index in [1.165, 1.54) is 11.0 Å². The minimum atomic E-state index is -1.26. The molecule has 4 nitrogen and oxygen atoms in total. The van der Waals surface area contributed by atoms with Crippen LogP contribution in [-0.4, -0.2) is 34.0 Å². The summed E-state index contributed by atoms with van der Waals surface area (Å²) in [6.45, 7) is 9.18. The van der Waals surface area contributed by atoms with Crippen LogP contribution in [0.4, 0.5) is 0 Å². The van der Waals surface area contributed by atoms with E-state index in [0.29, 0.717) is 0 Å². The average molecular weight is 249 g/mol. The van der Waals surface area contributed by atoms with Gasteiger partial charge < -0.3 is 5.11 Å². The van der Waals surface area contributed by atoms with E-state index in [4.69, 9.17) is 0 Å². The van der Waals surface area contributed by atoms with Crippen molar-refractivity contribution >= 4 is 11.8 Å². The summed E-state index contributed by atoms with van der Waals surface area (Å²) in [6.07, 6.45) is 5.00. The molecule has 1 heterocycles. The molecular formula is C14H19NO3. The third kappa shape index (κ3) is 1.63. The highest BCUT2D eigenvalue weighted by Crippen LogP contribution is 2.49. The quantitative estimate of drug-likeness (QED) is 0.589. The van der Waals surface area contributed by atoms with E-state index in [1.807, 2.05) is 19.9 Å². The van der Waals surface area contributed by atoms with Gasteiger partial charge in [-0.25, -0.2) is 0 Å². The Morgan fingerprint density at radius 3 is 2.33 bits per heavy atom. The molecule has 4 heteroatoms. The first-order valence-electron chi connectivity index (χ1n) is 6.11. The van der Waals surface area contributed by atoms with Crippen LogP contribution in [0.3, 0.4) is 0 Å². The van der Waals surface area contributed by atoms with Crippen LogP contribution in [0.15, 0.2) is 24.8 Å². The van der Waals surface area contributed by atoms with Crippen molar-refractivity contribution in [1.82, 2.24) is 4.90 Å². The lowest BCUT2D eigenvalue weighted by Gasteiger charge is -2.40. The summed E-state index contributed by atoms with van der Waals surface area (Å²) >= 11 is 0. The number of rotatable bonds is 2. The fraction of sp³-hybridized carbons (Fsp3) is 0.571. The maximum Gasteiger partial charge on any atom is 0.236 e. The molecule has 0 unspecified atom stereocenters. The number of hydrogen-bond acceptors (Lipinski definition) is 3. The predicted molar refractivity (Wildman–Crippen MR) is 67.4 cm³/mol. The summed E-state index contributed by atoms with van der Waals surface area (Å²) in [4.78, 5) is 25.9. The van der Waals surface area contributed by atoms with E-state index >= 15 is 0 Å². The van der Waals surface area contributed by atoms with Crippen LogP contribution in [0.5, 0.6) is 0 Å². The van der Waals surface area contributed by atoms with Gasteiger partial charge in [0.2, 0.25) is 11.8 Å². The highest BCUT2D eigenvalue weighted by molar-refractivity contribution is 6.06. The Kier molecular flexibility index (Phi) is 2.74. The second-order valence-corrected chi connectivity index (χ2v) is 5.91. The lowest BCUT2D eigenvalue weighted by molar-refractivity contribution is -0.140. The van der Waals surface area contributed by atoms with Crippen LogP contribution in [0.25, 0.3) is 0 Å². The van der Waals surface area contributed by atoms with Gasteiger partial charge in [-0.1, -0.05) is 32.1 Å². The van der Waals surface area contributed by atoms with E-state index in [0.717, 1.165) is 0 Å². The molecule has 1 N–H and O–H groups in total. The molecule has 0 aromatic carbocycles. The number of likely N-dealkylation sites (tertiary alicyclic amines) is 1. The first-order valence-corrected chi connectivity index (χ1v) is 6.11. The topological polar surface area (TPSA) is 57.6 Å². The molecule has 1 aliphatic heterocycles. The van der Waals surface area contributed by atoms with Crippen molar-refractivity contribution in [2.45, 2.75) is 26.4 Å². The molecule has 1 aliphatic carbocycles. The molecule has 0 saturated carbocycles. The molecule has 1 saturated heterocycles. The molecule has 3 atom stereocenters. The Hall–Kier alpha value is -1.42. The van der Waals surface area contributed by atoms with Crippen LogP contribution in [0.2, 0.25) is 0 Å². The molecule has 1 fully saturated rings. The SMILES string of the molecule is C=CCN1C(=O)[C@@H]2[C@H](C1=O)C(C)(C)C=C[C@]2(C)O. The minimum Gasteiger partial charge on any atom is -0.385 e. The second-order valence-electron chi connectivity index (χ2n) is 5.91. The molecule has 0 aromatic heterocycles. The summed E-state index contributed by atoms with van der Waals surface area (Å²) in [6, 6.07) is 0. The third-order valence-corrected chi connectivity index (χ3v) is 3.99. The van der Waals surface area contributed by atoms with Crippen LogP contribution >= 0.6 is 0 Å². The fourth-order valence-corrected chi connectivity index (χ4v) is 2.96. The first-order chi connectivity index (χ1) is 8.22. The number of hydrogen-bond donors (Lipinski definition) is 1. The van der Waals surface area contributed by atoms with Crippen LogP contribution in [0.1, 0.15) is 20.8 Å². The summed E-state index contributed by atoms with van der Waals surface area (Å²) in [5.74, 6) is -1.69. The Bertz CT molecular complexity index is 412. The molecule has 0 radical (unpaired) electrons. The molecule has 2 rings (SSSR count). The van der Waals surface area contributed by atoms with Crippen molar-refractivity contribution in [3.63, 3.8) is 0 Å². The number of carbonyl (C=O) groups excluding carboxylic acids is 2. The van der Waals surface area contributed by atoms with Crippen LogP contribution in [0, 0.1) is 17.3 Å². The largest absolute Gasteiger partial charge is 0.385 e. The van der Waals surface area contributed by atoms with E-state index < -0.39 is 22.9 Å². The van der Waals surface area contributed by atoms with Gasteiger partial charge in [0.1, 0.15) is 0 Å². The monoisotopic (exact) mass is 249 g/mol.